The minimum atomic E-state index is -0.929. The highest BCUT2D eigenvalue weighted by molar-refractivity contribution is 5.97. The number of furan rings is 2. The van der Waals surface area contributed by atoms with E-state index in [1.54, 1.807) is 62.8 Å². The van der Waals surface area contributed by atoms with Crippen molar-refractivity contribution in [1.29, 1.82) is 0 Å². The van der Waals surface area contributed by atoms with Crippen molar-refractivity contribution in [2.45, 2.75) is 18.9 Å². The van der Waals surface area contributed by atoms with Crippen LogP contribution in [-0.2, 0) is 12.8 Å². The number of aromatic nitrogens is 2. The van der Waals surface area contributed by atoms with E-state index in [0.717, 1.165) is 5.56 Å². The summed E-state index contributed by atoms with van der Waals surface area (Å²) in [4.78, 5) is 32.3. The van der Waals surface area contributed by atoms with Crippen molar-refractivity contribution in [1.82, 2.24) is 9.55 Å². The van der Waals surface area contributed by atoms with Gasteiger partial charge in [0.15, 0.2) is 17.3 Å². The van der Waals surface area contributed by atoms with Crippen LogP contribution in [0.3, 0.4) is 0 Å². The monoisotopic (exact) mass is 484 g/mol. The number of ether oxygens (including phenoxy) is 2. The van der Waals surface area contributed by atoms with Gasteiger partial charge in [-0.05, 0) is 54.1 Å². The van der Waals surface area contributed by atoms with Crippen LogP contribution < -0.4 is 15.0 Å². The topological polar surface area (TPSA) is 96.7 Å². The first kappa shape index (κ1) is 23.2. The molecule has 5 rings (SSSR count). The maximum Gasteiger partial charge on any atom is 0.262 e. The van der Waals surface area contributed by atoms with Crippen molar-refractivity contribution < 1.29 is 23.1 Å². The van der Waals surface area contributed by atoms with Crippen LogP contribution in [0, 0.1) is 0 Å². The van der Waals surface area contributed by atoms with Gasteiger partial charge in [0.05, 0.1) is 37.6 Å². The van der Waals surface area contributed by atoms with Crippen molar-refractivity contribution in [2.24, 2.45) is 0 Å². The Kier molecular flexibility index (Phi) is 6.40. The fourth-order valence-corrected chi connectivity index (χ4v) is 4.31. The van der Waals surface area contributed by atoms with Gasteiger partial charge in [-0.25, -0.2) is 4.98 Å². The molecule has 1 unspecified atom stereocenters. The van der Waals surface area contributed by atoms with E-state index in [1.165, 1.54) is 17.1 Å². The number of nitrogens with zero attached hydrogens (tertiary/aromatic N) is 2. The maximum absolute atomic E-state index is 13.9. The molecule has 2 aromatic carbocycles. The van der Waals surface area contributed by atoms with Crippen molar-refractivity contribution in [3.8, 4) is 11.5 Å². The number of Topliss-reactive ketones (excluding diaryl/α,β-unsaturated/α-hetero) is 1. The van der Waals surface area contributed by atoms with E-state index < -0.39 is 6.04 Å². The van der Waals surface area contributed by atoms with Crippen LogP contribution in [0.4, 0.5) is 0 Å². The largest absolute Gasteiger partial charge is 0.493 e. The third-order valence-corrected chi connectivity index (χ3v) is 6.04. The summed E-state index contributed by atoms with van der Waals surface area (Å²) in [5, 5.41) is 0.422. The van der Waals surface area contributed by atoms with E-state index in [2.05, 4.69) is 0 Å². The molecule has 8 nitrogen and oxygen atoms in total. The van der Waals surface area contributed by atoms with Gasteiger partial charge < -0.3 is 18.3 Å². The minimum absolute atomic E-state index is 0.156. The SMILES string of the molecule is COc1ccc(Cc2nc3ccccc3c(=O)n2C(Cc2ccco2)C(=O)c2ccco2)cc1OC. The second-order valence-corrected chi connectivity index (χ2v) is 8.23. The minimum Gasteiger partial charge on any atom is -0.493 e. The molecule has 3 aromatic heterocycles. The first-order chi connectivity index (χ1) is 17.6. The van der Waals surface area contributed by atoms with E-state index in [4.69, 9.17) is 23.3 Å². The second-order valence-electron chi connectivity index (χ2n) is 8.23. The summed E-state index contributed by atoms with van der Waals surface area (Å²) in [5.74, 6) is 1.96. The lowest BCUT2D eigenvalue weighted by molar-refractivity contribution is 0.0888. The lowest BCUT2D eigenvalue weighted by Gasteiger charge is -2.21. The van der Waals surface area contributed by atoms with Crippen LogP contribution in [0.1, 0.15) is 33.7 Å². The highest BCUT2D eigenvalue weighted by Crippen LogP contribution is 2.29. The standard InChI is InChI=1S/C28H24N2O6/c1-33-23-12-11-18(15-25(23)34-2)16-26-29-21-9-4-3-8-20(21)28(32)30(26)22(17-19-7-5-13-35-19)27(31)24-10-6-14-36-24/h3-15,22H,16-17H2,1-2H3. The smallest absolute Gasteiger partial charge is 0.262 e. The lowest BCUT2D eigenvalue weighted by Crippen LogP contribution is -2.35. The molecule has 8 heteroatoms. The fraction of sp³-hybridized carbons (Fsp3) is 0.179. The normalized spacial score (nSPS) is 11.9. The van der Waals surface area contributed by atoms with Gasteiger partial charge in [-0.15, -0.1) is 0 Å². The third kappa shape index (κ3) is 4.40. The summed E-state index contributed by atoms with van der Waals surface area (Å²) in [6.45, 7) is 0. The summed E-state index contributed by atoms with van der Waals surface area (Å²) >= 11 is 0. The van der Waals surface area contributed by atoms with Crippen molar-refractivity contribution in [3.05, 3.63) is 113 Å². The molecule has 0 aliphatic carbocycles. The molecule has 0 saturated carbocycles. The van der Waals surface area contributed by atoms with Gasteiger partial charge in [-0.3, -0.25) is 14.2 Å². The Balaban J connectivity index is 1.69. The average Bonchev–Trinajstić information content (AvgIpc) is 3.62. The Morgan fingerprint density at radius 1 is 0.944 bits per heavy atom. The summed E-state index contributed by atoms with van der Waals surface area (Å²) in [5.41, 5.74) is 1.08. The van der Waals surface area contributed by atoms with E-state index in [1.807, 2.05) is 18.2 Å². The fourth-order valence-electron chi connectivity index (χ4n) is 4.31. The second kappa shape index (κ2) is 9.95. The number of hydrogen-bond acceptors (Lipinski definition) is 7. The molecule has 5 aromatic rings. The number of benzene rings is 2. The zero-order chi connectivity index (χ0) is 25.1. The highest BCUT2D eigenvalue weighted by Gasteiger charge is 2.30. The molecule has 0 bridgehead atoms. The molecule has 0 fully saturated rings. The summed E-state index contributed by atoms with van der Waals surface area (Å²) < 4.78 is 23.2. The number of fused-ring (bicyclic) bond motifs is 1. The zero-order valence-electron chi connectivity index (χ0n) is 19.8. The number of ketones is 1. The van der Waals surface area contributed by atoms with Gasteiger partial charge >= 0.3 is 0 Å². The number of methoxy groups -OCH3 is 2. The molecular weight excluding hydrogens is 460 g/mol. The average molecular weight is 485 g/mol. The van der Waals surface area contributed by atoms with Gasteiger partial charge in [0.25, 0.3) is 5.56 Å². The van der Waals surface area contributed by atoms with Crippen molar-refractivity contribution in [3.63, 3.8) is 0 Å². The summed E-state index contributed by atoms with van der Waals surface area (Å²) in [7, 11) is 3.13. The van der Waals surface area contributed by atoms with Crippen molar-refractivity contribution >= 4 is 16.7 Å². The van der Waals surface area contributed by atoms with Gasteiger partial charge in [0, 0.05) is 12.8 Å². The Bertz CT molecular complexity index is 1550. The van der Waals surface area contributed by atoms with Gasteiger partial charge in [-0.2, -0.15) is 0 Å². The van der Waals surface area contributed by atoms with E-state index >= 15 is 0 Å². The summed E-state index contributed by atoms with van der Waals surface area (Å²) in [6, 6.07) is 18.4. The number of rotatable bonds is 9. The maximum atomic E-state index is 13.9. The number of hydrogen-bond donors (Lipinski definition) is 0. The quantitative estimate of drug-likeness (QED) is 0.276. The molecule has 182 valence electrons. The zero-order valence-corrected chi connectivity index (χ0v) is 19.8. The third-order valence-electron chi connectivity index (χ3n) is 6.04. The van der Waals surface area contributed by atoms with Crippen LogP contribution in [0.2, 0.25) is 0 Å². The van der Waals surface area contributed by atoms with Gasteiger partial charge in [0.1, 0.15) is 17.6 Å². The molecule has 1 atom stereocenters. The number of para-hydroxylation sites is 1. The van der Waals surface area contributed by atoms with Crippen LogP contribution in [0.15, 0.2) is 92.9 Å². The lowest BCUT2D eigenvalue weighted by atomic mass is 10.0. The van der Waals surface area contributed by atoms with Crippen LogP contribution in [-0.4, -0.2) is 29.6 Å². The predicted octanol–water partition coefficient (Wildman–Crippen LogP) is 4.86. The number of carbonyl (C=O) groups is 1. The molecule has 36 heavy (non-hydrogen) atoms. The molecule has 0 saturated heterocycles. The first-order valence-corrected chi connectivity index (χ1v) is 11.4. The van der Waals surface area contributed by atoms with Gasteiger partial charge in [-0.1, -0.05) is 18.2 Å². The Hall–Kier alpha value is -4.59. The molecule has 0 aliphatic rings. The van der Waals surface area contributed by atoms with E-state index in [0.29, 0.717) is 34.0 Å². The molecule has 0 aliphatic heterocycles. The Labute approximate surface area is 206 Å². The Morgan fingerprint density at radius 2 is 1.72 bits per heavy atom. The highest BCUT2D eigenvalue weighted by atomic mass is 16.5. The first-order valence-electron chi connectivity index (χ1n) is 11.4. The molecule has 0 amide bonds. The predicted molar refractivity (Wildman–Crippen MR) is 133 cm³/mol. The number of carbonyl (C=O) groups excluding carboxylic acids is 1. The van der Waals surface area contributed by atoms with E-state index in [9.17, 15) is 9.59 Å². The van der Waals surface area contributed by atoms with Crippen LogP contribution in [0.25, 0.3) is 10.9 Å². The molecule has 0 spiro atoms. The van der Waals surface area contributed by atoms with E-state index in [-0.39, 0.29) is 29.9 Å². The molecule has 0 radical (unpaired) electrons. The van der Waals surface area contributed by atoms with Crippen molar-refractivity contribution in [2.75, 3.05) is 14.2 Å². The molecular formula is C28H24N2O6. The Morgan fingerprint density at radius 3 is 2.44 bits per heavy atom. The van der Waals surface area contributed by atoms with Crippen LogP contribution in [0.5, 0.6) is 11.5 Å². The van der Waals surface area contributed by atoms with Gasteiger partial charge in [0.2, 0.25) is 5.78 Å². The summed E-state index contributed by atoms with van der Waals surface area (Å²) in [6.07, 6.45) is 3.41. The van der Waals surface area contributed by atoms with Crippen LogP contribution >= 0.6 is 0 Å². The molecule has 3 heterocycles. The molecule has 0 N–H and O–H groups in total.